The van der Waals surface area contributed by atoms with Crippen molar-refractivity contribution in [2.24, 2.45) is 0 Å². The van der Waals surface area contributed by atoms with Crippen LogP contribution in [-0.2, 0) is 13.0 Å². The zero-order valence-electron chi connectivity index (χ0n) is 10.3. The van der Waals surface area contributed by atoms with E-state index in [9.17, 15) is 0 Å². The summed E-state index contributed by atoms with van der Waals surface area (Å²) in [6.07, 6.45) is 1.20. The maximum atomic E-state index is 2.56. The van der Waals surface area contributed by atoms with Gasteiger partial charge in [-0.2, -0.15) is 0 Å². The fourth-order valence-electron chi connectivity index (χ4n) is 2.25. The van der Waals surface area contributed by atoms with Crippen molar-refractivity contribution in [3.8, 4) is 0 Å². The van der Waals surface area contributed by atoms with E-state index in [1.807, 2.05) is 0 Å². The number of fused-ring (bicyclic) bond motifs is 1. The van der Waals surface area contributed by atoms with Gasteiger partial charge in [-0.1, -0.05) is 23.8 Å². The minimum Gasteiger partial charge on any atom is -0.294 e. The Morgan fingerprint density at radius 3 is 2.53 bits per heavy atom. The van der Waals surface area contributed by atoms with Crippen LogP contribution < -0.4 is 0 Å². The van der Waals surface area contributed by atoms with Crippen LogP contribution in [0.15, 0.2) is 18.2 Å². The minimum absolute atomic E-state index is 0.294. The SMILES string of the molecule is Cc1ccc2c(c1)CCN(C(C)(C)C)C2. The van der Waals surface area contributed by atoms with Crippen LogP contribution in [0, 0.1) is 6.92 Å². The summed E-state index contributed by atoms with van der Waals surface area (Å²) in [5.74, 6) is 0. The zero-order chi connectivity index (χ0) is 11.1. The fraction of sp³-hybridized carbons (Fsp3) is 0.571. The van der Waals surface area contributed by atoms with Gasteiger partial charge in [-0.05, 0) is 45.2 Å². The van der Waals surface area contributed by atoms with E-state index in [1.54, 1.807) is 5.56 Å². The van der Waals surface area contributed by atoms with Gasteiger partial charge in [0.2, 0.25) is 0 Å². The Morgan fingerprint density at radius 1 is 1.13 bits per heavy atom. The average molecular weight is 203 g/mol. The van der Waals surface area contributed by atoms with Crippen LogP contribution in [-0.4, -0.2) is 17.0 Å². The zero-order valence-corrected chi connectivity index (χ0v) is 10.3. The van der Waals surface area contributed by atoms with Gasteiger partial charge in [0, 0.05) is 18.6 Å². The molecule has 0 saturated heterocycles. The fourth-order valence-corrected chi connectivity index (χ4v) is 2.25. The highest BCUT2D eigenvalue weighted by Crippen LogP contribution is 2.25. The second-order valence-electron chi connectivity index (χ2n) is 5.61. The summed E-state index contributed by atoms with van der Waals surface area (Å²) in [7, 11) is 0. The lowest BCUT2D eigenvalue weighted by Crippen LogP contribution is -2.44. The predicted octanol–water partition coefficient (Wildman–Crippen LogP) is 3.15. The van der Waals surface area contributed by atoms with Crippen LogP contribution in [0.5, 0.6) is 0 Å². The summed E-state index contributed by atoms with van der Waals surface area (Å²) in [6.45, 7) is 11.4. The van der Waals surface area contributed by atoms with Gasteiger partial charge in [0.1, 0.15) is 0 Å². The maximum Gasteiger partial charge on any atom is 0.0241 e. The van der Waals surface area contributed by atoms with E-state index >= 15 is 0 Å². The van der Waals surface area contributed by atoms with Crippen LogP contribution >= 0.6 is 0 Å². The van der Waals surface area contributed by atoms with Gasteiger partial charge in [-0.3, -0.25) is 4.90 Å². The molecule has 1 heteroatoms. The first kappa shape index (κ1) is 10.7. The van der Waals surface area contributed by atoms with Gasteiger partial charge < -0.3 is 0 Å². The molecular weight excluding hydrogens is 182 g/mol. The Bertz CT molecular complexity index is 360. The first-order chi connectivity index (χ1) is 6.97. The number of hydrogen-bond donors (Lipinski definition) is 0. The molecule has 2 rings (SSSR count). The quantitative estimate of drug-likeness (QED) is 0.626. The number of benzene rings is 1. The maximum absolute atomic E-state index is 2.56. The molecule has 0 aliphatic carbocycles. The van der Waals surface area contributed by atoms with Crippen LogP contribution in [0.2, 0.25) is 0 Å². The lowest BCUT2D eigenvalue weighted by atomic mass is 9.94. The third-order valence-corrected chi connectivity index (χ3v) is 3.32. The van der Waals surface area contributed by atoms with Gasteiger partial charge in [0.05, 0.1) is 0 Å². The van der Waals surface area contributed by atoms with Gasteiger partial charge >= 0.3 is 0 Å². The van der Waals surface area contributed by atoms with E-state index < -0.39 is 0 Å². The van der Waals surface area contributed by atoms with Crippen molar-refractivity contribution >= 4 is 0 Å². The second-order valence-corrected chi connectivity index (χ2v) is 5.61. The molecular formula is C14H21N. The van der Waals surface area contributed by atoms with Gasteiger partial charge in [0.25, 0.3) is 0 Å². The molecule has 0 aromatic heterocycles. The Labute approximate surface area is 93.1 Å². The molecule has 0 fully saturated rings. The molecule has 0 bridgehead atoms. The largest absolute Gasteiger partial charge is 0.294 e. The Hall–Kier alpha value is -0.820. The number of hydrogen-bond acceptors (Lipinski definition) is 1. The molecule has 0 spiro atoms. The van der Waals surface area contributed by atoms with Crippen molar-refractivity contribution in [3.63, 3.8) is 0 Å². The van der Waals surface area contributed by atoms with Crippen molar-refractivity contribution in [1.29, 1.82) is 0 Å². The van der Waals surface area contributed by atoms with Crippen LogP contribution in [0.1, 0.15) is 37.5 Å². The van der Waals surface area contributed by atoms with Crippen LogP contribution in [0.3, 0.4) is 0 Å². The Morgan fingerprint density at radius 2 is 1.87 bits per heavy atom. The summed E-state index contributed by atoms with van der Waals surface area (Å²) in [5, 5.41) is 0. The molecule has 1 aliphatic heterocycles. The standard InChI is InChI=1S/C14H21N/c1-11-5-6-13-10-15(14(2,3)4)8-7-12(13)9-11/h5-6,9H,7-8,10H2,1-4H3. The Kier molecular flexibility index (Phi) is 2.59. The normalized spacial score (nSPS) is 17.6. The summed E-state index contributed by atoms with van der Waals surface area (Å²) in [5.41, 5.74) is 4.75. The van der Waals surface area contributed by atoms with Gasteiger partial charge in [-0.25, -0.2) is 0 Å². The topological polar surface area (TPSA) is 3.24 Å². The summed E-state index contributed by atoms with van der Waals surface area (Å²) in [6, 6.07) is 6.86. The Balaban J connectivity index is 2.24. The highest BCUT2D eigenvalue weighted by molar-refractivity contribution is 5.33. The minimum atomic E-state index is 0.294. The number of aryl methyl sites for hydroxylation is 1. The van der Waals surface area contributed by atoms with Crippen molar-refractivity contribution in [2.75, 3.05) is 6.54 Å². The number of rotatable bonds is 0. The summed E-state index contributed by atoms with van der Waals surface area (Å²) in [4.78, 5) is 2.56. The first-order valence-electron chi connectivity index (χ1n) is 5.80. The number of nitrogens with zero attached hydrogens (tertiary/aromatic N) is 1. The van der Waals surface area contributed by atoms with Gasteiger partial charge in [-0.15, -0.1) is 0 Å². The molecule has 0 N–H and O–H groups in total. The van der Waals surface area contributed by atoms with Crippen molar-refractivity contribution in [2.45, 2.75) is 46.2 Å². The molecule has 1 heterocycles. The summed E-state index contributed by atoms with van der Waals surface area (Å²) < 4.78 is 0. The van der Waals surface area contributed by atoms with E-state index in [0.717, 1.165) is 6.54 Å². The molecule has 1 aliphatic rings. The highest BCUT2D eigenvalue weighted by atomic mass is 15.2. The van der Waals surface area contributed by atoms with Crippen LogP contribution in [0.25, 0.3) is 0 Å². The lowest BCUT2D eigenvalue weighted by Gasteiger charge is -2.39. The molecule has 0 amide bonds. The predicted molar refractivity (Wildman–Crippen MR) is 65.0 cm³/mol. The molecule has 1 nitrogen and oxygen atoms in total. The lowest BCUT2D eigenvalue weighted by molar-refractivity contribution is 0.121. The second kappa shape index (κ2) is 3.64. The molecule has 0 atom stereocenters. The van der Waals surface area contributed by atoms with Crippen molar-refractivity contribution in [3.05, 3.63) is 34.9 Å². The molecule has 0 unspecified atom stereocenters. The van der Waals surface area contributed by atoms with E-state index in [4.69, 9.17) is 0 Å². The van der Waals surface area contributed by atoms with Crippen molar-refractivity contribution < 1.29 is 0 Å². The van der Waals surface area contributed by atoms with E-state index in [0.29, 0.717) is 5.54 Å². The summed E-state index contributed by atoms with van der Waals surface area (Å²) >= 11 is 0. The molecule has 1 aromatic rings. The van der Waals surface area contributed by atoms with Gasteiger partial charge in [0.15, 0.2) is 0 Å². The van der Waals surface area contributed by atoms with E-state index in [1.165, 1.54) is 24.1 Å². The highest BCUT2D eigenvalue weighted by Gasteiger charge is 2.25. The third kappa shape index (κ3) is 2.23. The monoisotopic (exact) mass is 203 g/mol. The van der Waals surface area contributed by atoms with Crippen molar-refractivity contribution in [1.82, 2.24) is 4.90 Å². The third-order valence-electron chi connectivity index (χ3n) is 3.32. The van der Waals surface area contributed by atoms with E-state index in [2.05, 4.69) is 50.8 Å². The average Bonchev–Trinajstić information content (AvgIpc) is 2.15. The molecule has 0 saturated carbocycles. The first-order valence-corrected chi connectivity index (χ1v) is 5.80. The molecule has 82 valence electrons. The molecule has 1 aromatic carbocycles. The van der Waals surface area contributed by atoms with Crippen LogP contribution in [0.4, 0.5) is 0 Å². The molecule has 15 heavy (non-hydrogen) atoms. The smallest absolute Gasteiger partial charge is 0.0241 e. The molecule has 0 radical (unpaired) electrons. The van der Waals surface area contributed by atoms with E-state index in [-0.39, 0.29) is 0 Å².